The van der Waals surface area contributed by atoms with Crippen LogP contribution in [-0.2, 0) is 9.59 Å². The first-order valence-corrected chi connectivity index (χ1v) is 7.14. The first kappa shape index (κ1) is 16.8. The Balaban J connectivity index is 0.000000308. The van der Waals surface area contributed by atoms with Crippen LogP contribution >= 0.6 is 0 Å². The van der Waals surface area contributed by atoms with Crippen LogP contribution in [0.15, 0.2) is 72.8 Å². The summed E-state index contributed by atoms with van der Waals surface area (Å²) >= 11 is 0. The molecule has 0 unspecified atom stereocenters. The third-order valence-corrected chi connectivity index (χ3v) is 3.65. The van der Waals surface area contributed by atoms with E-state index in [1.54, 1.807) is 0 Å². The molecule has 0 saturated carbocycles. The van der Waals surface area contributed by atoms with Crippen molar-refractivity contribution in [1.82, 2.24) is 0 Å². The number of hydrogen-bond donors (Lipinski definition) is 2. The van der Waals surface area contributed by atoms with Crippen LogP contribution in [-0.4, -0.2) is 12.2 Å². The maximum absolute atomic E-state index is 8.35. The van der Waals surface area contributed by atoms with E-state index in [1.165, 1.54) is 32.3 Å². The average molecular weight is 314 g/mol. The molecule has 2 N–H and O–H groups in total. The third kappa shape index (κ3) is 3.26. The second kappa shape index (κ2) is 8.16. The largest absolute Gasteiger partial charge is 0.231 e. The summed E-state index contributed by atoms with van der Waals surface area (Å²) in [6, 6.07) is 26.0. The normalized spacial score (nSPS) is 9.17. The molecular weight excluding hydrogens is 300 g/mol. The minimum Gasteiger partial charge on any atom is -0.222 e. The van der Waals surface area contributed by atoms with Gasteiger partial charge >= 0.3 is 0 Å². The Bertz CT molecular complexity index is 826. The third-order valence-electron chi connectivity index (χ3n) is 3.65. The predicted octanol–water partition coefficient (Wildman–Crippen LogP) is 4.95. The predicted molar refractivity (Wildman–Crippen MR) is 95.8 cm³/mol. The van der Waals surface area contributed by atoms with Gasteiger partial charge in [-0.05, 0) is 32.3 Å². The van der Waals surface area contributed by atoms with Crippen LogP contribution in [0.5, 0.6) is 0 Å². The summed E-state index contributed by atoms with van der Waals surface area (Å²) in [5.74, 6) is 0. The summed E-state index contributed by atoms with van der Waals surface area (Å²) in [6.45, 7) is 0. The van der Waals surface area contributed by atoms with Crippen LogP contribution in [0, 0.1) is 10.8 Å². The van der Waals surface area contributed by atoms with Gasteiger partial charge in [-0.25, -0.2) is 20.4 Å². The molecule has 0 spiro atoms. The quantitative estimate of drug-likeness (QED) is 0.273. The highest BCUT2D eigenvalue weighted by molar-refractivity contribution is 6.25. The molecule has 0 heterocycles. The van der Waals surface area contributed by atoms with Gasteiger partial charge in [-0.2, -0.15) is 0 Å². The number of carbonyl (C=O) groups excluding carboxylic acids is 2. The van der Waals surface area contributed by atoms with Crippen LogP contribution in [0.25, 0.3) is 32.3 Å². The van der Waals surface area contributed by atoms with E-state index in [1.807, 2.05) is 0 Å². The maximum Gasteiger partial charge on any atom is 0.231 e. The van der Waals surface area contributed by atoms with E-state index >= 15 is 0 Å². The summed E-state index contributed by atoms with van der Waals surface area (Å²) in [5, 5.41) is 18.8. The highest BCUT2D eigenvalue weighted by Gasteiger charge is 2.06. The van der Waals surface area contributed by atoms with Gasteiger partial charge in [0.1, 0.15) is 0 Å². The van der Waals surface area contributed by atoms with Crippen molar-refractivity contribution in [2.75, 3.05) is 0 Å². The van der Waals surface area contributed by atoms with Crippen molar-refractivity contribution in [1.29, 1.82) is 10.8 Å². The van der Waals surface area contributed by atoms with E-state index in [-0.39, 0.29) is 0 Å². The first-order valence-electron chi connectivity index (χ1n) is 7.14. The number of benzene rings is 4. The van der Waals surface area contributed by atoms with E-state index < -0.39 is 0 Å². The first-order chi connectivity index (χ1) is 11.8. The standard InChI is InChI=1S/C18H12.2CHNO/c1-2-8-14-13(7-1)15-9-3-4-11-17(15)18-12-6-5-10-16(14)18;2*2-1-3/h1-12H;2*2H. The lowest BCUT2D eigenvalue weighted by atomic mass is 9.95. The monoisotopic (exact) mass is 314 g/mol. The van der Waals surface area contributed by atoms with Gasteiger partial charge < -0.3 is 0 Å². The van der Waals surface area contributed by atoms with Gasteiger partial charge in [-0.15, -0.1) is 0 Å². The number of hydrogen-bond acceptors (Lipinski definition) is 4. The molecule has 0 aliphatic rings. The Kier molecular flexibility index (Phi) is 5.71. The van der Waals surface area contributed by atoms with E-state index in [0.717, 1.165) is 12.2 Å². The second-order valence-electron chi connectivity index (χ2n) is 4.84. The Hall–Kier alpha value is -3.58. The topological polar surface area (TPSA) is 81.8 Å². The molecule has 116 valence electrons. The molecule has 0 atom stereocenters. The maximum atomic E-state index is 8.35. The van der Waals surface area contributed by atoms with Crippen molar-refractivity contribution in [2.24, 2.45) is 0 Å². The molecular formula is C20H14N2O2. The molecule has 4 heteroatoms. The minimum absolute atomic E-state index is 0.750. The molecule has 4 nitrogen and oxygen atoms in total. The molecule has 4 rings (SSSR count). The van der Waals surface area contributed by atoms with Crippen molar-refractivity contribution >= 4 is 44.5 Å². The SMILES string of the molecule is N=C=O.N=C=O.c1ccc2c(c1)c1ccccc1c1ccccc21. The van der Waals surface area contributed by atoms with Crippen molar-refractivity contribution in [3.8, 4) is 0 Å². The number of nitrogens with one attached hydrogen (secondary N) is 2. The molecule has 4 aromatic rings. The minimum atomic E-state index is 0.750. The molecule has 0 aliphatic carbocycles. The lowest BCUT2D eigenvalue weighted by Gasteiger charge is -2.09. The van der Waals surface area contributed by atoms with E-state index in [2.05, 4.69) is 72.8 Å². The molecule has 0 amide bonds. The summed E-state index contributed by atoms with van der Waals surface area (Å²) in [7, 11) is 0. The zero-order valence-electron chi connectivity index (χ0n) is 12.7. The molecule has 0 bridgehead atoms. The van der Waals surface area contributed by atoms with Gasteiger partial charge in [0.2, 0.25) is 12.2 Å². The Morgan fingerprint density at radius 3 is 0.708 bits per heavy atom. The van der Waals surface area contributed by atoms with Gasteiger partial charge in [-0.1, -0.05) is 72.8 Å². The van der Waals surface area contributed by atoms with Crippen molar-refractivity contribution in [2.45, 2.75) is 0 Å². The Morgan fingerprint density at radius 2 is 0.583 bits per heavy atom. The zero-order valence-corrected chi connectivity index (χ0v) is 12.7. The molecule has 0 radical (unpaired) electrons. The lowest BCUT2D eigenvalue weighted by Crippen LogP contribution is -1.81. The van der Waals surface area contributed by atoms with Crippen LogP contribution < -0.4 is 0 Å². The fraction of sp³-hybridized carbons (Fsp3) is 0. The Morgan fingerprint density at radius 1 is 0.458 bits per heavy atom. The van der Waals surface area contributed by atoms with Crippen molar-refractivity contribution < 1.29 is 9.59 Å². The van der Waals surface area contributed by atoms with Gasteiger partial charge in [-0.3, -0.25) is 0 Å². The van der Waals surface area contributed by atoms with E-state index in [0.29, 0.717) is 0 Å². The highest BCUT2D eigenvalue weighted by Crippen LogP contribution is 2.34. The van der Waals surface area contributed by atoms with Crippen LogP contribution in [0.4, 0.5) is 0 Å². The molecule has 0 aliphatic heterocycles. The summed E-state index contributed by atoms with van der Waals surface area (Å²) < 4.78 is 0. The summed E-state index contributed by atoms with van der Waals surface area (Å²) in [5.41, 5.74) is 0. The van der Waals surface area contributed by atoms with Gasteiger partial charge in [0.05, 0.1) is 0 Å². The van der Waals surface area contributed by atoms with Crippen molar-refractivity contribution in [3.05, 3.63) is 72.8 Å². The lowest BCUT2D eigenvalue weighted by molar-refractivity contribution is 0.562. The Labute approximate surface area is 138 Å². The van der Waals surface area contributed by atoms with E-state index in [4.69, 9.17) is 20.4 Å². The number of fused-ring (bicyclic) bond motifs is 6. The molecule has 24 heavy (non-hydrogen) atoms. The fourth-order valence-corrected chi connectivity index (χ4v) is 2.86. The summed E-state index contributed by atoms with van der Waals surface area (Å²) in [4.78, 5) is 16.7. The average Bonchev–Trinajstić information content (AvgIpc) is 2.63. The van der Waals surface area contributed by atoms with Gasteiger partial charge in [0.25, 0.3) is 0 Å². The fourth-order valence-electron chi connectivity index (χ4n) is 2.86. The zero-order chi connectivity index (χ0) is 17.4. The number of isocyanates is 2. The van der Waals surface area contributed by atoms with Crippen LogP contribution in [0.2, 0.25) is 0 Å². The van der Waals surface area contributed by atoms with E-state index in [9.17, 15) is 0 Å². The second-order valence-corrected chi connectivity index (χ2v) is 4.84. The van der Waals surface area contributed by atoms with Crippen molar-refractivity contribution in [3.63, 3.8) is 0 Å². The molecule has 0 aromatic heterocycles. The smallest absolute Gasteiger partial charge is 0.222 e. The van der Waals surface area contributed by atoms with Gasteiger partial charge in [0.15, 0.2) is 0 Å². The molecule has 0 saturated heterocycles. The highest BCUT2D eigenvalue weighted by atomic mass is 16.1. The van der Waals surface area contributed by atoms with Gasteiger partial charge in [0, 0.05) is 0 Å². The molecule has 0 fully saturated rings. The van der Waals surface area contributed by atoms with Crippen LogP contribution in [0.3, 0.4) is 0 Å². The summed E-state index contributed by atoms with van der Waals surface area (Å²) in [6.07, 6.45) is 1.50. The molecule has 4 aromatic carbocycles. The number of rotatable bonds is 0. The van der Waals surface area contributed by atoms with Crippen LogP contribution in [0.1, 0.15) is 0 Å².